The highest BCUT2D eigenvalue weighted by atomic mass is 16.5. The van der Waals surface area contributed by atoms with Crippen molar-refractivity contribution < 1.29 is 4.74 Å². The second kappa shape index (κ2) is 9.51. The molecule has 1 aliphatic rings. The minimum absolute atomic E-state index is 0.540. The van der Waals surface area contributed by atoms with E-state index in [9.17, 15) is 0 Å². The second-order valence-corrected chi connectivity index (χ2v) is 6.82. The van der Waals surface area contributed by atoms with Crippen LogP contribution in [0.25, 0.3) is 16.8 Å². The van der Waals surface area contributed by atoms with Gasteiger partial charge in [-0.05, 0) is 23.3 Å². The van der Waals surface area contributed by atoms with Gasteiger partial charge in [-0.1, -0.05) is 38.1 Å². The Morgan fingerprint density at radius 1 is 1.10 bits per heavy atom. The molecule has 0 saturated carbocycles. The van der Waals surface area contributed by atoms with E-state index in [1.54, 1.807) is 16.9 Å². The number of nitrogens with one attached hydrogen (secondary N) is 2. The molecule has 0 bridgehead atoms. The van der Waals surface area contributed by atoms with Gasteiger partial charge >= 0.3 is 0 Å². The van der Waals surface area contributed by atoms with Crippen LogP contribution in [0.5, 0.6) is 0 Å². The third kappa shape index (κ3) is 4.50. The molecule has 0 radical (unpaired) electrons. The lowest BCUT2D eigenvalue weighted by Gasteiger charge is -2.26. The Bertz CT molecular complexity index is 1050. The normalized spacial score (nSPS) is 14.3. The molecule has 3 aromatic heterocycles. The van der Waals surface area contributed by atoms with E-state index in [1.807, 2.05) is 26.1 Å². The number of pyridine rings is 1. The van der Waals surface area contributed by atoms with Gasteiger partial charge in [0, 0.05) is 37.6 Å². The van der Waals surface area contributed by atoms with Crippen LogP contribution in [-0.2, 0) is 11.3 Å². The molecule has 1 aliphatic heterocycles. The Morgan fingerprint density at radius 3 is 2.63 bits per heavy atom. The zero-order valence-corrected chi connectivity index (χ0v) is 17.4. The van der Waals surface area contributed by atoms with Crippen LogP contribution in [0.15, 0.2) is 55.0 Å². The molecule has 1 saturated heterocycles. The monoisotopic (exact) mass is 405 g/mol. The Hall–Kier alpha value is -3.23. The molecule has 1 fully saturated rings. The van der Waals surface area contributed by atoms with Crippen LogP contribution in [-0.4, -0.2) is 56.0 Å². The van der Waals surface area contributed by atoms with Crippen molar-refractivity contribution in [1.29, 1.82) is 0 Å². The molecular weight excluding hydrogens is 378 g/mol. The summed E-state index contributed by atoms with van der Waals surface area (Å²) in [4.78, 5) is 7.08. The fourth-order valence-corrected chi connectivity index (χ4v) is 3.44. The zero-order chi connectivity index (χ0) is 20.8. The summed E-state index contributed by atoms with van der Waals surface area (Å²) in [5.41, 5.74) is 5.12. The van der Waals surface area contributed by atoms with Crippen LogP contribution >= 0.6 is 0 Å². The Morgan fingerprint density at radius 2 is 1.90 bits per heavy atom. The summed E-state index contributed by atoms with van der Waals surface area (Å²) in [7, 11) is 0. The van der Waals surface area contributed by atoms with Crippen LogP contribution in [0.2, 0.25) is 0 Å². The van der Waals surface area contributed by atoms with Gasteiger partial charge in [0.1, 0.15) is 0 Å². The fraction of sp³-hybridized carbons (Fsp3) is 0.318. The van der Waals surface area contributed by atoms with Crippen molar-refractivity contribution in [2.75, 3.05) is 31.6 Å². The molecule has 0 spiro atoms. The number of benzene rings is 1. The highest BCUT2D eigenvalue weighted by molar-refractivity contribution is 5.78. The van der Waals surface area contributed by atoms with Gasteiger partial charge in [0.15, 0.2) is 5.65 Å². The van der Waals surface area contributed by atoms with Crippen molar-refractivity contribution in [1.82, 2.24) is 29.7 Å². The molecule has 8 heteroatoms. The minimum atomic E-state index is 0.540. The van der Waals surface area contributed by atoms with Crippen molar-refractivity contribution in [3.63, 3.8) is 0 Å². The van der Waals surface area contributed by atoms with E-state index in [0.29, 0.717) is 5.95 Å². The summed E-state index contributed by atoms with van der Waals surface area (Å²) in [5, 5.41) is 14.4. The van der Waals surface area contributed by atoms with Gasteiger partial charge < -0.3 is 10.1 Å². The zero-order valence-electron chi connectivity index (χ0n) is 17.4. The third-order valence-corrected chi connectivity index (χ3v) is 4.89. The number of morpholine rings is 1. The van der Waals surface area contributed by atoms with E-state index in [1.165, 1.54) is 5.56 Å². The summed E-state index contributed by atoms with van der Waals surface area (Å²) in [5.74, 6) is 0.540. The Kier molecular flexibility index (Phi) is 6.36. The molecule has 156 valence electrons. The molecular formula is C22H27N7O. The molecule has 5 rings (SSSR count). The first-order valence-corrected chi connectivity index (χ1v) is 10.4. The van der Waals surface area contributed by atoms with Crippen molar-refractivity contribution >= 4 is 17.3 Å². The lowest BCUT2D eigenvalue weighted by atomic mass is 10.0. The van der Waals surface area contributed by atoms with E-state index in [-0.39, 0.29) is 0 Å². The quantitative estimate of drug-likeness (QED) is 0.527. The molecule has 1 aromatic carbocycles. The SMILES string of the molecule is CC.c1cc(-c2ccc(CN3CCOCC3)cc2)c2nc(Nc3cn[nH]c3)nn2c1. The van der Waals surface area contributed by atoms with Crippen LogP contribution in [0.3, 0.4) is 0 Å². The number of ether oxygens (including phenoxy) is 1. The molecule has 8 nitrogen and oxygen atoms in total. The molecule has 4 heterocycles. The molecule has 30 heavy (non-hydrogen) atoms. The number of fused-ring (bicyclic) bond motifs is 1. The number of H-pyrrole nitrogens is 1. The molecule has 0 amide bonds. The van der Waals surface area contributed by atoms with Gasteiger partial charge in [-0.15, -0.1) is 5.10 Å². The summed E-state index contributed by atoms with van der Waals surface area (Å²) in [6.45, 7) is 8.59. The van der Waals surface area contributed by atoms with Gasteiger partial charge in [0.25, 0.3) is 0 Å². The van der Waals surface area contributed by atoms with Crippen molar-refractivity contribution in [3.8, 4) is 11.1 Å². The van der Waals surface area contributed by atoms with E-state index >= 15 is 0 Å². The highest BCUT2D eigenvalue weighted by Crippen LogP contribution is 2.25. The highest BCUT2D eigenvalue weighted by Gasteiger charge is 2.12. The molecule has 0 aliphatic carbocycles. The number of rotatable bonds is 5. The predicted molar refractivity (Wildman–Crippen MR) is 118 cm³/mol. The Labute approximate surface area is 175 Å². The van der Waals surface area contributed by atoms with E-state index in [4.69, 9.17) is 4.74 Å². The van der Waals surface area contributed by atoms with Gasteiger partial charge in [-0.2, -0.15) is 10.1 Å². The standard InChI is InChI=1S/C20H21N7O.C2H6/c1-2-18(16-5-3-15(4-6-16)14-26-8-10-28-11-9-26)19-24-20(25-27(19)7-1)23-17-12-21-22-13-17;1-2/h1-7,12-13H,8-11,14H2,(H,21,22)(H,23,25);1-2H3. The van der Waals surface area contributed by atoms with Crippen molar-refractivity contribution in [2.45, 2.75) is 20.4 Å². The van der Waals surface area contributed by atoms with E-state index < -0.39 is 0 Å². The van der Waals surface area contributed by atoms with Crippen molar-refractivity contribution in [2.24, 2.45) is 0 Å². The number of nitrogens with zero attached hydrogens (tertiary/aromatic N) is 5. The second-order valence-electron chi connectivity index (χ2n) is 6.82. The average Bonchev–Trinajstić information content (AvgIpc) is 3.46. The molecule has 4 aromatic rings. The van der Waals surface area contributed by atoms with Gasteiger partial charge in [-0.3, -0.25) is 10.00 Å². The topological polar surface area (TPSA) is 83.4 Å². The molecule has 2 N–H and O–H groups in total. The fourth-order valence-electron chi connectivity index (χ4n) is 3.44. The number of hydrogen-bond acceptors (Lipinski definition) is 6. The Balaban J connectivity index is 0.00000106. The van der Waals surface area contributed by atoms with E-state index in [0.717, 1.165) is 55.3 Å². The first-order valence-electron chi connectivity index (χ1n) is 10.4. The smallest absolute Gasteiger partial charge is 0.247 e. The van der Waals surface area contributed by atoms with Gasteiger partial charge in [-0.25, -0.2) is 4.52 Å². The van der Waals surface area contributed by atoms with Gasteiger partial charge in [0.2, 0.25) is 5.95 Å². The first kappa shape index (κ1) is 20.1. The number of hydrogen-bond donors (Lipinski definition) is 2. The maximum absolute atomic E-state index is 5.42. The maximum atomic E-state index is 5.42. The van der Waals surface area contributed by atoms with E-state index in [2.05, 4.69) is 60.8 Å². The predicted octanol–water partition coefficient (Wildman–Crippen LogP) is 3.72. The third-order valence-electron chi connectivity index (χ3n) is 4.89. The van der Waals surface area contributed by atoms with Gasteiger partial charge in [0.05, 0.1) is 25.1 Å². The average molecular weight is 406 g/mol. The summed E-state index contributed by atoms with van der Waals surface area (Å²) in [6.07, 6.45) is 5.36. The molecule has 0 unspecified atom stereocenters. The summed E-state index contributed by atoms with van der Waals surface area (Å²) in [6, 6.07) is 12.7. The number of aromatic amines is 1. The maximum Gasteiger partial charge on any atom is 0.247 e. The van der Waals surface area contributed by atoms with Crippen LogP contribution in [0.1, 0.15) is 19.4 Å². The minimum Gasteiger partial charge on any atom is -0.379 e. The van der Waals surface area contributed by atoms with Crippen LogP contribution < -0.4 is 5.32 Å². The van der Waals surface area contributed by atoms with Crippen LogP contribution in [0.4, 0.5) is 11.6 Å². The van der Waals surface area contributed by atoms with Crippen molar-refractivity contribution in [3.05, 3.63) is 60.6 Å². The summed E-state index contributed by atoms with van der Waals surface area (Å²) < 4.78 is 7.21. The molecule has 0 atom stereocenters. The van der Waals surface area contributed by atoms with Crippen LogP contribution in [0, 0.1) is 0 Å². The lowest BCUT2D eigenvalue weighted by Crippen LogP contribution is -2.35. The largest absolute Gasteiger partial charge is 0.379 e. The first-order chi connectivity index (χ1) is 14.8. The summed E-state index contributed by atoms with van der Waals surface area (Å²) >= 11 is 0. The number of aromatic nitrogens is 5. The number of anilines is 2. The lowest BCUT2D eigenvalue weighted by molar-refractivity contribution is 0.0342.